The molecule has 1 unspecified atom stereocenters. The van der Waals surface area contributed by atoms with Gasteiger partial charge in [0.05, 0.1) is 6.07 Å². The van der Waals surface area contributed by atoms with Crippen LogP contribution in [0.3, 0.4) is 0 Å². The van der Waals surface area contributed by atoms with Crippen molar-refractivity contribution in [3.63, 3.8) is 0 Å². The maximum Gasteiger partial charge on any atom is 0.122 e. The van der Waals surface area contributed by atoms with Gasteiger partial charge in [0.1, 0.15) is 18.5 Å². The van der Waals surface area contributed by atoms with E-state index in [-0.39, 0.29) is 6.61 Å². The lowest BCUT2D eigenvalue weighted by molar-refractivity contribution is 0.0767. The van der Waals surface area contributed by atoms with E-state index in [0.29, 0.717) is 19.5 Å². The molecule has 0 saturated carbocycles. The number of hydrogen-bond acceptors (Lipinski definition) is 4. The van der Waals surface area contributed by atoms with Crippen molar-refractivity contribution in [2.24, 2.45) is 0 Å². The van der Waals surface area contributed by atoms with E-state index >= 15 is 0 Å². The minimum absolute atomic E-state index is 0.265. The molecule has 0 aliphatic heterocycles. The average molecular weight is 262 g/mol. The number of ether oxygens (including phenoxy) is 1. The second kappa shape index (κ2) is 7.78. The topological polar surface area (TPSA) is 56.5 Å². The van der Waals surface area contributed by atoms with E-state index in [9.17, 15) is 5.11 Å². The van der Waals surface area contributed by atoms with E-state index in [1.165, 1.54) is 5.56 Å². The molecule has 0 amide bonds. The fraction of sp³-hybridized carbons (Fsp3) is 0.533. The lowest BCUT2D eigenvalue weighted by Gasteiger charge is -2.20. The van der Waals surface area contributed by atoms with E-state index in [1.54, 1.807) is 0 Å². The summed E-state index contributed by atoms with van der Waals surface area (Å²) in [6, 6.07) is 8.07. The van der Waals surface area contributed by atoms with Gasteiger partial charge in [0.15, 0.2) is 0 Å². The summed E-state index contributed by atoms with van der Waals surface area (Å²) in [6.07, 6.45) is -0.0781. The Morgan fingerprint density at radius 3 is 2.79 bits per heavy atom. The van der Waals surface area contributed by atoms with Crippen molar-refractivity contribution in [2.75, 3.05) is 26.7 Å². The number of aliphatic hydroxyl groups excluding tert-OH is 1. The first-order chi connectivity index (χ1) is 9.02. The molecule has 104 valence electrons. The zero-order valence-electron chi connectivity index (χ0n) is 11.9. The molecule has 0 bridgehead atoms. The van der Waals surface area contributed by atoms with Gasteiger partial charge in [-0.05, 0) is 32.5 Å². The molecular weight excluding hydrogens is 240 g/mol. The molecule has 0 radical (unpaired) electrons. The third-order valence-electron chi connectivity index (χ3n) is 2.89. The fourth-order valence-corrected chi connectivity index (χ4v) is 1.89. The predicted molar refractivity (Wildman–Crippen MR) is 75.1 cm³/mol. The van der Waals surface area contributed by atoms with Gasteiger partial charge in [0.25, 0.3) is 0 Å². The average Bonchev–Trinajstić information content (AvgIpc) is 2.35. The Labute approximate surface area is 115 Å². The van der Waals surface area contributed by atoms with Crippen LogP contribution in [0.1, 0.15) is 17.5 Å². The molecular formula is C15H22N2O2. The Kier molecular flexibility index (Phi) is 6.34. The van der Waals surface area contributed by atoms with Crippen molar-refractivity contribution in [1.29, 1.82) is 5.26 Å². The van der Waals surface area contributed by atoms with Crippen LogP contribution >= 0.6 is 0 Å². The maximum atomic E-state index is 9.88. The Bertz CT molecular complexity index is 440. The third-order valence-corrected chi connectivity index (χ3v) is 2.89. The van der Waals surface area contributed by atoms with Crippen molar-refractivity contribution in [1.82, 2.24) is 4.90 Å². The van der Waals surface area contributed by atoms with Crippen molar-refractivity contribution in [2.45, 2.75) is 26.4 Å². The summed E-state index contributed by atoms with van der Waals surface area (Å²) >= 11 is 0. The third kappa shape index (κ3) is 5.73. The van der Waals surface area contributed by atoms with E-state index in [2.05, 4.69) is 12.1 Å². The summed E-state index contributed by atoms with van der Waals surface area (Å²) < 4.78 is 5.62. The maximum absolute atomic E-state index is 9.88. The largest absolute Gasteiger partial charge is 0.491 e. The summed E-state index contributed by atoms with van der Waals surface area (Å²) in [7, 11) is 1.89. The van der Waals surface area contributed by atoms with Crippen molar-refractivity contribution in [3.05, 3.63) is 29.3 Å². The first-order valence-corrected chi connectivity index (χ1v) is 6.46. The molecule has 1 aromatic carbocycles. The number of nitrogens with zero attached hydrogens (tertiary/aromatic N) is 2. The van der Waals surface area contributed by atoms with Crippen LogP contribution in [0.5, 0.6) is 5.75 Å². The van der Waals surface area contributed by atoms with Crippen molar-refractivity contribution in [3.8, 4) is 11.8 Å². The summed E-state index contributed by atoms with van der Waals surface area (Å²) in [4.78, 5) is 1.93. The Hall–Kier alpha value is -1.57. The molecule has 19 heavy (non-hydrogen) atoms. The highest BCUT2D eigenvalue weighted by Crippen LogP contribution is 2.18. The SMILES string of the molecule is Cc1ccc(OCC(O)CN(C)CCC#N)c(C)c1. The number of hydrogen-bond donors (Lipinski definition) is 1. The van der Waals surface area contributed by atoms with E-state index in [1.807, 2.05) is 37.9 Å². The molecule has 1 N–H and O–H groups in total. The van der Waals surface area contributed by atoms with E-state index in [0.717, 1.165) is 11.3 Å². The minimum Gasteiger partial charge on any atom is -0.491 e. The second-order valence-corrected chi connectivity index (χ2v) is 4.90. The van der Waals surface area contributed by atoms with Crippen molar-refractivity contribution >= 4 is 0 Å². The van der Waals surface area contributed by atoms with Gasteiger partial charge in [-0.2, -0.15) is 5.26 Å². The number of benzene rings is 1. The summed E-state index contributed by atoms with van der Waals surface area (Å²) in [6.45, 7) is 5.47. The van der Waals surface area contributed by atoms with E-state index < -0.39 is 6.10 Å². The first-order valence-electron chi connectivity index (χ1n) is 6.46. The molecule has 1 aromatic rings. The lowest BCUT2D eigenvalue weighted by atomic mass is 10.1. The molecule has 1 atom stereocenters. The Morgan fingerprint density at radius 1 is 1.42 bits per heavy atom. The number of rotatable bonds is 7. The van der Waals surface area contributed by atoms with Crippen LogP contribution < -0.4 is 4.74 Å². The van der Waals surface area contributed by atoms with Crippen LogP contribution in [0.4, 0.5) is 0 Å². The van der Waals surface area contributed by atoms with Crippen LogP contribution in [-0.2, 0) is 0 Å². The van der Waals surface area contributed by atoms with Gasteiger partial charge >= 0.3 is 0 Å². The van der Waals surface area contributed by atoms with Crippen LogP contribution in [0.25, 0.3) is 0 Å². The normalized spacial score (nSPS) is 12.2. The van der Waals surface area contributed by atoms with Gasteiger partial charge in [-0.25, -0.2) is 0 Å². The molecule has 0 saturated heterocycles. The minimum atomic E-state index is -0.551. The molecule has 1 rings (SSSR count). The number of nitriles is 1. The number of likely N-dealkylation sites (N-methyl/N-ethyl adjacent to an activating group) is 1. The Morgan fingerprint density at radius 2 is 2.16 bits per heavy atom. The molecule has 4 heteroatoms. The quantitative estimate of drug-likeness (QED) is 0.815. The standard InChI is InChI=1S/C15H22N2O2/c1-12-5-6-15(13(2)9-12)19-11-14(18)10-17(3)8-4-7-16/h5-6,9,14,18H,4,8,10-11H2,1-3H3. The van der Waals surface area contributed by atoms with Crippen LogP contribution in [0.2, 0.25) is 0 Å². The van der Waals surface area contributed by atoms with Gasteiger partial charge in [0.2, 0.25) is 0 Å². The fourth-order valence-electron chi connectivity index (χ4n) is 1.89. The van der Waals surface area contributed by atoms with Crippen LogP contribution in [0.15, 0.2) is 18.2 Å². The molecule has 0 heterocycles. The molecule has 0 aromatic heterocycles. The van der Waals surface area contributed by atoms with Gasteiger partial charge < -0.3 is 14.7 Å². The second-order valence-electron chi connectivity index (χ2n) is 4.90. The van der Waals surface area contributed by atoms with Crippen molar-refractivity contribution < 1.29 is 9.84 Å². The highest BCUT2D eigenvalue weighted by Gasteiger charge is 2.09. The van der Waals surface area contributed by atoms with Crippen LogP contribution in [0, 0.1) is 25.2 Å². The van der Waals surface area contributed by atoms with Gasteiger partial charge in [-0.15, -0.1) is 0 Å². The number of aliphatic hydroxyl groups is 1. The summed E-state index contributed by atoms with van der Waals surface area (Å²) in [5.74, 6) is 0.810. The van der Waals surface area contributed by atoms with Crippen LogP contribution in [-0.4, -0.2) is 42.9 Å². The summed E-state index contributed by atoms with van der Waals surface area (Å²) in [5.41, 5.74) is 2.27. The zero-order valence-corrected chi connectivity index (χ0v) is 11.9. The molecule has 0 aliphatic carbocycles. The highest BCUT2D eigenvalue weighted by molar-refractivity contribution is 5.35. The highest BCUT2D eigenvalue weighted by atomic mass is 16.5. The van der Waals surface area contributed by atoms with Gasteiger partial charge in [-0.1, -0.05) is 17.7 Å². The predicted octanol–water partition coefficient (Wildman–Crippen LogP) is 1.89. The van der Waals surface area contributed by atoms with E-state index in [4.69, 9.17) is 10.00 Å². The Balaban J connectivity index is 2.37. The zero-order chi connectivity index (χ0) is 14.3. The molecule has 0 fully saturated rings. The smallest absolute Gasteiger partial charge is 0.122 e. The number of aryl methyl sites for hydroxylation is 2. The molecule has 0 aliphatic rings. The van der Waals surface area contributed by atoms with Gasteiger partial charge in [-0.3, -0.25) is 0 Å². The monoisotopic (exact) mass is 262 g/mol. The summed E-state index contributed by atoms with van der Waals surface area (Å²) in [5, 5.41) is 18.4. The first kappa shape index (κ1) is 15.5. The van der Waals surface area contributed by atoms with Gasteiger partial charge in [0, 0.05) is 19.5 Å². The molecule has 4 nitrogen and oxygen atoms in total. The molecule has 0 spiro atoms. The lowest BCUT2D eigenvalue weighted by Crippen LogP contribution is -2.33.